The molecule has 6 rings (SSSR count). The monoisotopic (exact) mass is 575 g/mol. The Morgan fingerprint density at radius 1 is 0.632 bits per heavy atom. The molecule has 0 spiro atoms. The molecule has 0 saturated heterocycles. The van der Waals surface area contributed by atoms with Gasteiger partial charge in [0.25, 0.3) is 0 Å². The SMILES string of the molecule is Cc1ccc(Br)cc1N(c1ccccc1)P(C)(=O)c1c2ccccc2c(-c2ccccc2)c2ccccc12. The Balaban J connectivity index is 1.75. The lowest BCUT2D eigenvalue weighted by atomic mass is 9.92. The summed E-state index contributed by atoms with van der Waals surface area (Å²) in [5.41, 5.74) is 5.22. The smallest absolute Gasteiger partial charge is 0.203 e. The summed E-state index contributed by atoms with van der Waals surface area (Å²) in [6.07, 6.45) is 0. The zero-order valence-electron chi connectivity index (χ0n) is 21.3. The average molecular weight is 576 g/mol. The molecule has 0 aliphatic heterocycles. The number of halogens is 1. The Kier molecular flexibility index (Phi) is 6.43. The van der Waals surface area contributed by atoms with Gasteiger partial charge in [0, 0.05) is 22.1 Å². The second-order valence-corrected chi connectivity index (χ2v) is 13.2. The van der Waals surface area contributed by atoms with E-state index in [2.05, 4.69) is 100 Å². The third-order valence-corrected chi connectivity index (χ3v) is 10.2. The van der Waals surface area contributed by atoms with Crippen LogP contribution in [0.1, 0.15) is 5.56 Å². The van der Waals surface area contributed by atoms with Crippen molar-refractivity contribution in [1.29, 1.82) is 0 Å². The third kappa shape index (κ3) is 4.17. The van der Waals surface area contributed by atoms with Crippen molar-refractivity contribution in [1.82, 2.24) is 0 Å². The number of hydrogen-bond donors (Lipinski definition) is 0. The first-order valence-corrected chi connectivity index (χ1v) is 15.6. The summed E-state index contributed by atoms with van der Waals surface area (Å²) in [7, 11) is -3.24. The number of hydrogen-bond acceptors (Lipinski definition) is 1. The van der Waals surface area contributed by atoms with Gasteiger partial charge in [-0.2, -0.15) is 0 Å². The Hall–Kier alpha value is -3.65. The zero-order chi connectivity index (χ0) is 26.3. The van der Waals surface area contributed by atoms with Crippen molar-refractivity contribution in [2.45, 2.75) is 6.92 Å². The molecule has 0 fully saturated rings. The second-order valence-electron chi connectivity index (χ2n) is 9.64. The first-order valence-electron chi connectivity index (χ1n) is 12.7. The number of nitrogens with zero attached hydrogens (tertiary/aromatic N) is 1. The first kappa shape index (κ1) is 24.7. The van der Waals surface area contributed by atoms with Crippen LogP contribution in [0.15, 0.2) is 132 Å². The molecular weight excluding hydrogens is 549 g/mol. The normalized spacial score (nSPS) is 12.9. The maximum absolute atomic E-state index is 15.6. The topological polar surface area (TPSA) is 20.3 Å². The second kappa shape index (κ2) is 9.91. The van der Waals surface area contributed by atoms with Gasteiger partial charge in [-0.15, -0.1) is 0 Å². The minimum absolute atomic E-state index is 0.881. The molecular formula is C34H27BrNOP. The van der Waals surface area contributed by atoms with Crippen LogP contribution in [-0.2, 0) is 4.57 Å². The maximum atomic E-state index is 15.6. The van der Waals surface area contributed by atoms with Crippen LogP contribution in [0, 0.1) is 6.92 Å². The molecule has 0 aliphatic rings. The van der Waals surface area contributed by atoms with Gasteiger partial charge in [0.05, 0.1) is 5.69 Å². The molecule has 0 aliphatic carbocycles. The van der Waals surface area contributed by atoms with Crippen LogP contribution in [0.5, 0.6) is 0 Å². The first-order chi connectivity index (χ1) is 18.5. The fraction of sp³-hybridized carbons (Fsp3) is 0.0588. The van der Waals surface area contributed by atoms with E-state index < -0.39 is 7.29 Å². The molecule has 1 unspecified atom stereocenters. The Morgan fingerprint density at radius 3 is 1.71 bits per heavy atom. The fourth-order valence-electron chi connectivity index (χ4n) is 5.51. The summed E-state index contributed by atoms with van der Waals surface area (Å²) in [6, 6.07) is 43.6. The van der Waals surface area contributed by atoms with E-state index in [0.29, 0.717) is 0 Å². The van der Waals surface area contributed by atoms with E-state index in [0.717, 1.165) is 53.8 Å². The van der Waals surface area contributed by atoms with E-state index in [1.54, 1.807) is 0 Å². The molecule has 0 N–H and O–H groups in total. The predicted octanol–water partition coefficient (Wildman–Crippen LogP) is 10.1. The zero-order valence-corrected chi connectivity index (χ0v) is 23.8. The van der Waals surface area contributed by atoms with Gasteiger partial charge in [0.2, 0.25) is 7.29 Å². The van der Waals surface area contributed by atoms with Crippen molar-refractivity contribution in [3.63, 3.8) is 0 Å². The molecule has 0 aromatic heterocycles. The highest BCUT2D eigenvalue weighted by Crippen LogP contribution is 2.56. The van der Waals surface area contributed by atoms with Gasteiger partial charge in [-0.1, -0.05) is 119 Å². The van der Waals surface area contributed by atoms with Crippen LogP contribution in [0.3, 0.4) is 0 Å². The number of anilines is 2. The summed E-state index contributed by atoms with van der Waals surface area (Å²) < 4.78 is 18.6. The van der Waals surface area contributed by atoms with Gasteiger partial charge < -0.3 is 0 Å². The van der Waals surface area contributed by atoms with Crippen molar-refractivity contribution in [3.05, 3.63) is 137 Å². The molecule has 0 saturated carbocycles. The lowest BCUT2D eigenvalue weighted by Gasteiger charge is -2.34. The summed E-state index contributed by atoms with van der Waals surface area (Å²) in [5, 5.41) is 5.13. The standard InChI is InChI=1S/C34H27BrNOP/c1-24-21-22-26(35)23-32(24)36(27-15-7-4-8-16-27)38(2,37)34-30-19-11-9-17-28(30)33(25-13-5-3-6-14-25)29-18-10-12-20-31(29)34/h3-23H,1-2H3. The van der Waals surface area contributed by atoms with E-state index in [1.165, 1.54) is 5.56 Å². The number of benzene rings is 6. The highest BCUT2D eigenvalue weighted by atomic mass is 79.9. The van der Waals surface area contributed by atoms with Crippen molar-refractivity contribution < 1.29 is 4.57 Å². The third-order valence-electron chi connectivity index (χ3n) is 7.16. The van der Waals surface area contributed by atoms with E-state index in [4.69, 9.17) is 0 Å². The van der Waals surface area contributed by atoms with Crippen LogP contribution in [-0.4, -0.2) is 6.66 Å². The highest BCUT2D eigenvalue weighted by Gasteiger charge is 2.34. The predicted molar refractivity (Wildman–Crippen MR) is 168 cm³/mol. The van der Waals surface area contributed by atoms with Crippen molar-refractivity contribution >= 4 is 61.4 Å². The Labute approximate surface area is 232 Å². The van der Waals surface area contributed by atoms with E-state index in [1.807, 2.05) is 61.3 Å². The molecule has 0 amide bonds. The van der Waals surface area contributed by atoms with E-state index in [-0.39, 0.29) is 0 Å². The fourth-order valence-corrected chi connectivity index (χ4v) is 8.55. The van der Waals surface area contributed by atoms with Crippen LogP contribution >= 0.6 is 23.2 Å². The summed E-state index contributed by atoms with van der Waals surface area (Å²) in [5.74, 6) is 0. The maximum Gasteiger partial charge on any atom is 0.203 e. The van der Waals surface area contributed by atoms with Crippen molar-refractivity contribution in [2.24, 2.45) is 0 Å². The Morgan fingerprint density at radius 2 is 1.13 bits per heavy atom. The van der Waals surface area contributed by atoms with Gasteiger partial charge in [0.1, 0.15) is 0 Å². The summed E-state index contributed by atoms with van der Waals surface area (Å²) in [6.45, 7) is 3.99. The van der Waals surface area contributed by atoms with Crippen LogP contribution in [0.2, 0.25) is 0 Å². The minimum atomic E-state index is -3.24. The molecule has 6 aromatic carbocycles. The Bertz CT molecular complexity index is 1780. The largest absolute Gasteiger partial charge is 0.295 e. The van der Waals surface area contributed by atoms with Gasteiger partial charge in [0.15, 0.2) is 0 Å². The van der Waals surface area contributed by atoms with Crippen LogP contribution in [0.4, 0.5) is 11.4 Å². The molecule has 0 bridgehead atoms. The van der Waals surface area contributed by atoms with E-state index in [9.17, 15) is 0 Å². The highest BCUT2D eigenvalue weighted by molar-refractivity contribution is 9.10. The molecule has 4 heteroatoms. The molecule has 0 heterocycles. The number of rotatable bonds is 5. The van der Waals surface area contributed by atoms with Gasteiger partial charge >= 0.3 is 0 Å². The van der Waals surface area contributed by atoms with Gasteiger partial charge in [-0.25, -0.2) is 0 Å². The minimum Gasteiger partial charge on any atom is -0.295 e. The molecule has 38 heavy (non-hydrogen) atoms. The lowest BCUT2D eigenvalue weighted by molar-refractivity contribution is 0.585. The van der Waals surface area contributed by atoms with E-state index >= 15 is 4.57 Å². The molecule has 6 aromatic rings. The molecule has 1 atom stereocenters. The van der Waals surface area contributed by atoms with Gasteiger partial charge in [-0.3, -0.25) is 9.24 Å². The van der Waals surface area contributed by atoms with Crippen molar-refractivity contribution in [2.75, 3.05) is 11.3 Å². The summed E-state index contributed by atoms with van der Waals surface area (Å²) >= 11 is 3.66. The quantitative estimate of drug-likeness (QED) is 0.150. The lowest BCUT2D eigenvalue weighted by Crippen LogP contribution is -2.23. The van der Waals surface area contributed by atoms with Crippen LogP contribution < -0.4 is 9.97 Å². The van der Waals surface area contributed by atoms with Gasteiger partial charge in [-0.05, 0) is 69.4 Å². The number of aryl methyl sites for hydroxylation is 1. The number of fused-ring (bicyclic) bond motifs is 2. The molecule has 0 radical (unpaired) electrons. The average Bonchev–Trinajstić information content (AvgIpc) is 2.94. The molecule has 186 valence electrons. The molecule has 2 nitrogen and oxygen atoms in total. The van der Waals surface area contributed by atoms with Crippen LogP contribution in [0.25, 0.3) is 32.7 Å². The van der Waals surface area contributed by atoms with Crippen molar-refractivity contribution in [3.8, 4) is 11.1 Å². The summed E-state index contributed by atoms with van der Waals surface area (Å²) in [4.78, 5) is 0. The number of para-hydroxylation sites is 1.